The molecule has 0 saturated heterocycles. The van der Waals surface area contributed by atoms with E-state index in [1.807, 2.05) is 30.3 Å². The molecule has 0 spiro atoms. The molecule has 1 aromatic rings. The molecule has 0 fully saturated rings. The minimum absolute atomic E-state index is 0.0660. The van der Waals surface area contributed by atoms with Gasteiger partial charge in [0.2, 0.25) is 0 Å². The van der Waals surface area contributed by atoms with Crippen LogP contribution < -0.4 is 5.90 Å². The van der Waals surface area contributed by atoms with E-state index in [9.17, 15) is 0 Å². The Morgan fingerprint density at radius 3 is 2.58 bits per heavy atom. The number of nitrogens with two attached hydrogens (primary N) is 1. The zero-order valence-corrected chi connectivity index (χ0v) is 6.94. The third-order valence-electron chi connectivity index (χ3n) is 1.72. The Morgan fingerprint density at radius 2 is 2.08 bits per heavy atom. The van der Waals surface area contributed by atoms with Gasteiger partial charge in [-0.15, -0.1) is 6.58 Å². The standard InChI is InChI=1S/C10H13NO/c1-2-6-10(12-11)9-7-4-3-5-8-9/h2-5,7-8,10H,1,6,11H2/t10-/m1/s1. The van der Waals surface area contributed by atoms with Gasteiger partial charge in [-0.05, 0) is 12.0 Å². The molecule has 0 aromatic heterocycles. The van der Waals surface area contributed by atoms with Gasteiger partial charge in [-0.2, -0.15) is 0 Å². The first-order chi connectivity index (χ1) is 5.88. The molecule has 0 aliphatic carbocycles. The topological polar surface area (TPSA) is 35.2 Å². The van der Waals surface area contributed by atoms with E-state index < -0.39 is 0 Å². The lowest BCUT2D eigenvalue weighted by Gasteiger charge is -2.11. The van der Waals surface area contributed by atoms with E-state index in [1.54, 1.807) is 6.08 Å². The van der Waals surface area contributed by atoms with Crippen LogP contribution in [0.2, 0.25) is 0 Å². The summed E-state index contributed by atoms with van der Waals surface area (Å²) in [6, 6.07) is 9.86. The van der Waals surface area contributed by atoms with Crippen LogP contribution in [0.1, 0.15) is 18.1 Å². The lowest BCUT2D eigenvalue weighted by Crippen LogP contribution is -2.08. The molecule has 0 aliphatic rings. The van der Waals surface area contributed by atoms with Gasteiger partial charge < -0.3 is 0 Å². The van der Waals surface area contributed by atoms with Crippen molar-refractivity contribution < 1.29 is 4.84 Å². The zero-order chi connectivity index (χ0) is 8.81. The first kappa shape index (κ1) is 8.97. The van der Waals surface area contributed by atoms with Crippen LogP contribution in [0.4, 0.5) is 0 Å². The lowest BCUT2D eigenvalue weighted by atomic mass is 10.1. The number of benzene rings is 1. The quantitative estimate of drug-likeness (QED) is 0.545. The van der Waals surface area contributed by atoms with Crippen LogP contribution in [0.25, 0.3) is 0 Å². The monoisotopic (exact) mass is 163 g/mol. The minimum Gasteiger partial charge on any atom is -0.296 e. The highest BCUT2D eigenvalue weighted by atomic mass is 16.6. The first-order valence-electron chi connectivity index (χ1n) is 3.90. The van der Waals surface area contributed by atoms with E-state index >= 15 is 0 Å². The highest BCUT2D eigenvalue weighted by molar-refractivity contribution is 5.17. The molecule has 12 heavy (non-hydrogen) atoms. The van der Waals surface area contributed by atoms with Crippen molar-refractivity contribution in [1.29, 1.82) is 0 Å². The van der Waals surface area contributed by atoms with E-state index in [0.29, 0.717) is 0 Å². The summed E-state index contributed by atoms with van der Waals surface area (Å²) in [6.07, 6.45) is 2.47. The van der Waals surface area contributed by atoms with Gasteiger partial charge in [-0.1, -0.05) is 36.4 Å². The molecule has 1 rings (SSSR count). The SMILES string of the molecule is C=CC[C@@H](ON)c1ccccc1. The van der Waals surface area contributed by atoms with Crippen molar-refractivity contribution in [3.63, 3.8) is 0 Å². The second-order valence-corrected chi connectivity index (χ2v) is 2.56. The van der Waals surface area contributed by atoms with E-state index in [4.69, 9.17) is 10.7 Å². The van der Waals surface area contributed by atoms with E-state index in [2.05, 4.69) is 6.58 Å². The Balaban J connectivity index is 2.72. The van der Waals surface area contributed by atoms with Crippen LogP contribution in [0.3, 0.4) is 0 Å². The van der Waals surface area contributed by atoms with Gasteiger partial charge in [-0.25, -0.2) is 5.90 Å². The molecule has 2 heteroatoms. The second-order valence-electron chi connectivity index (χ2n) is 2.56. The van der Waals surface area contributed by atoms with Crippen molar-refractivity contribution >= 4 is 0 Å². The van der Waals surface area contributed by atoms with Crippen LogP contribution in [0, 0.1) is 0 Å². The maximum absolute atomic E-state index is 5.14. The molecular weight excluding hydrogens is 150 g/mol. The molecule has 0 aliphatic heterocycles. The number of rotatable bonds is 4. The summed E-state index contributed by atoms with van der Waals surface area (Å²) in [5, 5.41) is 0. The van der Waals surface area contributed by atoms with Crippen molar-refractivity contribution in [3.05, 3.63) is 48.6 Å². The molecule has 2 N–H and O–H groups in total. The highest BCUT2D eigenvalue weighted by Crippen LogP contribution is 2.18. The maximum atomic E-state index is 5.14. The first-order valence-corrected chi connectivity index (χ1v) is 3.90. The van der Waals surface area contributed by atoms with Gasteiger partial charge in [-0.3, -0.25) is 4.84 Å². The van der Waals surface area contributed by atoms with Crippen molar-refractivity contribution in [3.8, 4) is 0 Å². The predicted molar refractivity (Wildman–Crippen MR) is 49.3 cm³/mol. The average Bonchev–Trinajstić information content (AvgIpc) is 2.15. The molecule has 0 saturated carbocycles. The largest absolute Gasteiger partial charge is 0.296 e. The van der Waals surface area contributed by atoms with E-state index in [0.717, 1.165) is 12.0 Å². The van der Waals surface area contributed by atoms with Gasteiger partial charge >= 0.3 is 0 Å². The molecule has 64 valence electrons. The summed E-state index contributed by atoms with van der Waals surface area (Å²) >= 11 is 0. The van der Waals surface area contributed by atoms with Gasteiger partial charge in [0.25, 0.3) is 0 Å². The summed E-state index contributed by atoms with van der Waals surface area (Å²) in [4.78, 5) is 4.81. The second kappa shape index (κ2) is 4.70. The molecule has 0 amide bonds. The molecule has 1 aromatic carbocycles. The van der Waals surface area contributed by atoms with E-state index in [-0.39, 0.29) is 6.10 Å². The summed E-state index contributed by atoms with van der Waals surface area (Å²) in [7, 11) is 0. The smallest absolute Gasteiger partial charge is 0.107 e. The van der Waals surface area contributed by atoms with Crippen molar-refractivity contribution in [2.24, 2.45) is 5.90 Å². The van der Waals surface area contributed by atoms with E-state index in [1.165, 1.54) is 0 Å². The van der Waals surface area contributed by atoms with Crippen LogP contribution in [0.5, 0.6) is 0 Å². The lowest BCUT2D eigenvalue weighted by molar-refractivity contribution is 0.0549. The Labute approximate surface area is 72.6 Å². The van der Waals surface area contributed by atoms with Crippen molar-refractivity contribution in [2.45, 2.75) is 12.5 Å². The Hall–Kier alpha value is -1.12. The van der Waals surface area contributed by atoms with Crippen LogP contribution >= 0.6 is 0 Å². The fourth-order valence-corrected chi connectivity index (χ4v) is 1.09. The van der Waals surface area contributed by atoms with Gasteiger partial charge in [0.1, 0.15) is 6.10 Å². The van der Waals surface area contributed by atoms with Crippen LogP contribution in [-0.2, 0) is 4.84 Å². The average molecular weight is 163 g/mol. The Bertz CT molecular complexity index is 233. The molecule has 0 unspecified atom stereocenters. The number of hydrogen-bond acceptors (Lipinski definition) is 2. The normalized spacial score (nSPS) is 12.4. The number of hydrogen-bond donors (Lipinski definition) is 1. The summed E-state index contributed by atoms with van der Waals surface area (Å²) < 4.78 is 0. The van der Waals surface area contributed by atoms with Crippen LogP contribution in [-0.4, -0.2) is 0 Å². The summed E-state index contributed by atoms with van der Waals surface area (Å²) in [5.74, 6) is 5.14. The van der Waals surface area contributed by atoms with Crippen LogP contribution in [0.15, 0.2) is 43.0 Å². The van der Waals surface area contributed by atoms with Crippen molar-refractivity contribution in [1.82, 2.24) is 0 Å². The molecule has 2 nitrogen and oxygen atoms in total. The van der Waals surface area contributed by atoms with Gasteiger partial charge in [0, 0.05) is 0 Å². The summed E-state index contributed by atoms with van der Waals surface area (Å²) in [6.45, 7) is 3.64. The zero-order valence-electron chi connectivity index (χ0n) is 6.94. The molecule has 0 heterocycles. The Kier molecular flexibility index (Phi) is 3.51. The minimum atomic E-state index is -0.0660. The summed E-state index contributed by atoms with van der Waals surface area (Å²) in [5.41, 5.74) is 1.08. The fourth-order valence-electron chi connectivity index (χ4n) is 1.09. The third-order valence-corrected chi connectivity index (χ3v) is 1.72. The maximum Gasteiger partial charge on any atom is 0.107 e. The van der Waals surface area contributed by atoms with Gasteiger partial charge in [0.15, 0.2) is 0 Å². The fraction of sp³-hybridized carbons (Fsp3) is 0.200. The third kappa shape index (κ3) is 2.19. The molecule has 0 bridgehead atoms. The predicted octanol–water partition coefficient (Wildman–Crippen LogP) is 2.19. The Morgan fingerprint density at radius 1 is 1.42 bits per heavy atom. The molecule has 0 radical (unpaired) electrons. The van der Waals surface area contributed by atoms with Gasteiger partial charge in [0.05, 0.1) is 0 Å². The van der Waals surface area contributed by atoms with Crippen molar-refractivity contribution in [2.75, 3.05) is 0 Å². The molecule has 1 atom stereocenters. The highest BCUT2D eigenvalue weighted by Gasteiger charge is 2.07. The molecular formula is C10H13NO.